The molecule has 0 aliphatic carbocycles. The smallest absolute Gasteiger partial charge is 0.260 e. The molecule has 1 saturated heterocycles. The molecule has 1 aliphatic heterocycles. The lowest BCUT2D eigenvalue weighted by Crippen LogP contribution is -2.38. The average molecular weight is 487 g/mol. The third-order valence-corrected chi connectivity index (χ3v) is 6.21. The molecule has 1 N–H and O–H groups in total. The van der Waals surface area contributed by atoms with Crippen molar-refractivity contribution in [3.63, 3.8) is 0 Å². The minimum absolute atomic E-state index is 0.0509. The number of fused-ring (bicyclic) bond motifs is 1. The molecule has 34 heavy (non-hydrogen) atoms. The SMILES string of the molecule is CCN(CC)C(=O)COc1ccc(NC(=O)C2CCN(c3ccc4nnnn4n3)CC2)cc1Cl. The monoisotopic (exact) mass is 486 g/mol. The van der Waals surface area contributed by atoms with Crippen LogP contribution >= 0.6 is 11.6 Å². The fourth-order valence-corrected chi connectivity index (χ4v) is 4.16. The number of ether oxygens (including phenoxy) is 1. The quantitative estimate of drug-likeness (QED) is 0.515. The number of tetrazole rings is 1. The molecule has 3 heterocycles. The van der Waals surface area contributed by atoms with E-state index in [1.54, 1.807) is 23.1 Å². The van der Waals surface area contributed by atoms with E-state index < -0.39 is 0 Å². The average Bonchev–Trinajstić information content (AvgIpc) is 3.32. The number of anilines is 2. The number of carbonyl (C=O) groups is 2. The van der Waals surface area contributed by atoms with Crippen molar-refractivity contribution in [2.45, 2.75) is 26.7 Å². The van der Waals surface area contributed by atoms with Gasteiger partial charge < -0.3 is 19.9 Å². The highest BCUT2D eigenvalue weighted by Gasteiger charge is 2.26. The van der Waals surface area contributed by atoms with E-state index >= 15 is 0 Å². The van der Waals surface area contributed by atoms with Gasteiger partial charge in [0.15, 0.2) is 18.1 Å². The Labute approximate surface area is 202 Å². The molecule has 12 heteroatoms. The van der Waals surface area contributed by atoms with Crippen LogP contribution in [0.5, 0.6) is 5.75 Å². The Morgan fingerprint density at radius 2 is 1.94 bits per heavy atom. The van der Waals surface area contributed by atoms with Crippen LogP contribution in [0.1, 0.15) is 26.7 Å². The van der Waals surface area contributed by atoms with Gasteiger partial charge in [-0.3, -0.25) is 9.59 Å². The van der Waals surface area contributed by atoms with Gasteiger partial charge in [-0.05, 0) is 67.4 Å². The van der Waals surface area contributed by atoms with Gasteiger partial charge in [0.2, 0.25) is 5.91 Å². The largest absolute Gasteiger partial charge is 0.482 e. The number of aromatic nitrogens is 5. The Morgan fingerprint density at radius 1 is 1.18 bits per heavy atom. The van der Waals surface area contributed by atoms with Crippen LogP contribution in [0.4, 0.5) is 11.5 Å². The zero-order valence-electron chi connectivity index (χ0n) is 19.1. The predicted molar refractivity (Wildman–Crippen MR) is 127 cm³/mol. The lowest BCUT2D eigenvalue weighted by molar-refractivity contribution is -0.133. The fourth-order valence-electron chi connectivity index (χ4n) is 3.93. The summed E-state index contributed by atoms with van der Waals surface area (Å²) in [5.41, 5.74) is 1.18. The Hall–Kier alpha value is -3.47. The molecule has 1 aliphatic rings. The summed E-state index contributed by atoms with van der Waals surface area (Å²) < 4.78 is 6.97. The molecule has 1 aromatic carbocycles. The number of hydrogen-bond donors (Lipinski definition) is 1. The molecule has 3 aromatic rings. The lowest BCUT2D eigenvalue weighted by atomic mass is 9.96. The van der Waals surface area contributed by atoms with Gasteiger partial charge in [-0.1, -0.05) is 11.6 Å². The van der Waals surface area contributed by atoms with Crippen molar-refractivity contribution < 1.29 is 14.3 Å². The van der Waals surface area contributed by atoms with E-state index in [1.807, 2.05) is 26.0 Å². The molecule has 0 unspecified atom stereocenters. The first-order chi connectivity index (χ1) is 16.5. The molecule has 2 amide bonds. The van der Waals surface area contributed by atoms with E-state index in [0.717, 1.165) is 5.82 Å². The van der Waals surface area contributed by atoms with Crippen LogP contribution in [-0.4, -0.2) is 74.8 Å². The Morgan fingerprint density at radius 3 is 2.65 bits per heavy atom. The van der Waals surface area contributed by atoms with Gasteiger partial charge in [-0.2, -0.15) is 0 Å². The van der Waals surface area contributed by atoms with Crippen LogP contribution in [-0.2, 0) is 9.59 Å². The van der Waals surface area contributed by atoms with Crippen LogP contribution < -0.4 is 15.0 Å². The summed E-state index contributed by atoms with van der Waals surface area (Å²) in [6.45, 7) is 6.41. The number of piperidine rings is 1. The molecule has 1 fully saturated rings. The number of nitrogens with zero attached hydrogens (tertiary/aromatic N) is 7. The van der Waals surface area contributed by atoms with E-state index in [2.05, 4.69) is 30.8 Å². The number of benzene rings is 1. The van der Waals surface area contributed by atoms with Gasteiger partial charge in [-0.25, -0.2) is 0 Å². The molecule has 180 valence electrons. The molecule has 0 spiro atoms. The molecular weight excluding hydrogens is 460 g/mol. The summed E-state index contributed by atoms with van der Waals surface area (Å²) in [5.74, 6) is 0.915. The molecule has 11 nitrogen and oxygen atoms in total. The summed E-state index contributed by atoms with van der Waals surface area (Å²) >= 11 is 6.32. The minimum Gasteiger partial charge on any atom is -0.482 e. The first-order valence-corrected chi connectivity index (χ1v) is 11.7. The first-order valence-electron chi connectivity index (χ1n) is 11.3. The molecule has 4 rings (SSSR count). The number of carbonyl (C=O) groups excluding carboxylic acids is 2. The first kappa shape index (κ1) is 23.7. The van der Waals surface area contributed by atoms with Gasteiger partial charge in [-0.15, -0.1) is 14.8 Å². The molecule has 0 bridgehead atoms. The Bertz CT molecular complexity index is 1160. The summed E-state index contributed by atoms with van der Waals surface area (Å²) in [4.78, 5) is 28.7. The van der Waals surface area contributed by atoms with Crippen LogP contribution in [0.2, 0.25) is 5.02 Å². The summed E-state index contributed by atoms with van der Waals surface area (Å²) in [6, 6.07) is 8.72. The van der Waals surface area contributed by atoms with Gasteiger partial charge in [0.05, 0.1) is 5.02 Å². The molecular formula is C22H27ClN8O3. The molecule has 0 radical (unpaired) electrons. The Kier molecular flexibility index (Phi) is 7.41. The van der Waals surface area contributed by atoms with E-state index in [4.69, 9.17) is 16.3 Å². The van der Waals surface area contributed by atoms with Crippen molar-refractivity contribution in [1.82, 2.24) is 30.2 Å². The highest BCUT2D eigenvalue weighted by Crippen LogP contribution is 2.29. The summed E-state index contributed by atoms with van der Waals surface area (Å²) in [7, 11) is 0. The van der Waals surface area contributed by atoms with Crippen molar-refractivity contribution in [2.75, 3.05) is 43.0 Å². The maximum absolute atomic E-state index is 12.8. The minimum atomic E-state index is -0.116. The molecule has 0 atom stereocenters. The number of likely N-dealkylation sites (N-methyl/N-ethyl adjacent to an activating group) is 1. The van der Waals surface area contributed by atoms with E-state index in [0.29, 0.717) is 61.1 Å². The fraction of sp³-hybridized carbons (Fsp3) is 0.455. The van der Waals surface area contributed by atoms with E-state index in [9.17, 15) is 9.59 Å². The van der Waals surface area contributed by atoms with Gasteiger partial charge >= 0.3 is 0 Å². The molecule has 2 aromatic heterocycles. The van der Waals surface area contributed by atoms with E-state index in [1.165, 1.54) is 4.63 Å². The summed E-state index contributed by atoms with van der Waals surface area (Å²) in [6.07, 6.45) is 1.40. The second-order valence-electron chi connectivity index (χ2n) is 7.97. The lowest BCUT2D eigenvalue weighted by Gasteiger charge is -2.31. The van der Waals surface area contributed by atoms with Crippen LogP contribution in [0.3, 0.4) is 0 Å². The van der Waals surface area contributed by atoms with Crippen molar-refractivity contribution in [3.8, 4) is 5.75 Å². The maximum Gasteiger partial charge on any atom is 0.260 e. The topological polar surface area (TPSA) is 118 Å². The van der Waals surface area contributed by atoms with Crippen LogP contribution in [0.25, 0.3) is 5.65 Å². The number of amides is 2. The normalized spacial score (nSPS) is 14.3. The third-order valence-electron chi connectivity index (χ3n) is 5.91. The number of nitrogens with one attached hydrogen (secondary N) is 1. The van der Waals surface area contributed by atoms with Gasteiger partial charge in [0, 0.05) is 37.8 Å². The number of hydrogen-bond acceptors (Lipinski definition) is 8. The van der Waals surface area contributed by atoms with Crippen LogP contribution in [0.15, 0.2) is 30.3 Å². The zero-order valence-corrected chi connectivity index (χ0v) is 19.9. The van der Waals surface area contributed by atoms with Crippen molar-refractivity contribution in [2.24, 2.45) is 5.92 Å². The highest BCUT2D eigenvalue weighted by molar-refractivity contribution is 6.32. The van der Waals surface area contributed by atoms with Crippen molar-refractivity contribution in [1.29, 1.82) is 0 Å². The Balaban J connectivity index is 1.29. The third kappa shape index (κ3) is 5.36. The molecule has 0 saturated carbocycles. The van der Waals surface area contributed by atoms with E-state index in [-0.39, 0.29) is 24.3 Å². The van der Waals surface area contributed by atoms with Gasteiger partial charge in [0.1, 0.15) is 5.75 Å². The predicted octanol–water partition coefficient (Wildman–Crippen LogP) is 2.28. The maximum atomic E-state index is 12.8. The van der Waals surface area contributed by atoms with Crippen molar-refractivity contribution in [3.05, 3.63) is 35.4 Å². The zero-order chi connectivity index (χ0) is 24.1. The second kappa shape index (κ2) is 10.6. The van der Waals surface area contributed by atoms with Crippen LogP contribution in [0, 0.1) is 5.92 Å². The number of rotatable bonds is 8. The second-order valence-corrected chi connectivity index (χ2v) is 8.38. The van der Waals surface area contributed by atoms with Gasteiger partial charge in [0.25, 0.3) is 5.91 Å². The summed E-state index contributed by atoms with van der Waals surface area (Å²) in [5, 5.41) is 19.0. The number of halogens is 1. The van der Waals surface area contributed by atoms with Crippen molar-refractivity contribution >= 4 is 40.6 Å². The highest BCUT2D eigenvalue weighted by atomic mass is 35.5. The standard InChI is InChI=1S/C22H27ClN8O3/c1-3-29(4-2)21(32)14-34-18-6-5-16(13-17(18)23)24-22(33)15-9-11-30(12-10-15)20-8-7-19-25-27-28-31(19)26-20/h5-8,13,15H,3-4,9-12,14H2,1-2H3,(H,24,33).